The summed E-state index contributed by atoms with van der Waals surface area (Å²) in [5.74, 6) is 0.0358. The fourth-order valence-electron chi connectivity index (χ4n) is 5.18. The first-order chi connectivity index (χ1) is 16.9. The number of benzene rings is 2. The van der Waals surface area contributed by atoms with Crippen LogP contribution in [0, 0.1) is 11.7 Å². The molecule has 3 heterocycles. The summed E-state index contributed by atoms with van der Waals surface area (Å²) in [5.41, 5.74) is 2.53. The average Bonchev–Trinajstić information content (AvgIpc) is 2.86. The second-order valence-corrected chi connectivity index (χ2v) is 9.17. The molecule has 2 bridgehead atoms. The highest BCUT2D eigenvalue weighted by Crippen LogP contribution is 2.39. The molecule has 180 valence electrons. The Morgan fingerprint density at radius 2 is 1.74 bits per heavy atom. The second-order valence-electron chi connectivity index (χ2n) is 9.17. The fourth-order valence-corrected chi connectivity index (χ4v) is 5.18. The highest BCUT2D eigenvalue weighted by Gasteiger charge is 2.38. The molecule has 2 amide bonds. The lowest BCUT2D eigenvalue weighted by molar-refractivity contribution is -0.115. The van der Waals surface area contributed by atoms with E-state index in [0.29, 0.717) is 30.9 Å². The second kappa shape index (κ2) is 9.37. The summed E-state index contributed by atoms with van der Waals surface area (Å²) in [6.07, 6.45) is 1.02. The van der Waals surface area contributed by atoms with Crippen LogP contribution in [-0.4, -0.2) is 41.5 Å². The van der Waals surface area contributed by atoms with Crippen molar-refractivity contribution < 1.29 is 18.7 Å². The average molecular weight is 476 g/mol. The predicted octanol–water partition coefficient (Wildman–Crippen LogP) is 3.44. The molecule has 0 saturated carbocycles. The highest BCUT2D eigenvalue weighted by molar-refractivity contribution is 5.95. The molecular formula is C27H26FN3O4. The van der Waals surface area contributed by atoms with Crippen LogP contribution in [0.2, 0.25) is 0 Å². The standard InChI is InChI=1S/C27H26FN3O4/c1-35-22-8-2-17(3-9-22)13-24(32)29-23-10-11-25(33)31-15-18-12-20(26(23)31)16-30(14-18)27(34)19-4-6-21(28)7-5-19/h2-11,18,20H,12-16H2,1H3,(H,29,32)/t18-,20+/m0/s1. The number of nitrogens with one attached hydrogen (secondary N) is 1. The Labute approximate surface area is 202 Å². The number of aromatic nitrogens is 1. The Balaban J connectivity index is 1.37. The molecule has 8 heteroatoms. The first kappa shape index (κ1) is 22.8. The monoisotopic (exact) mass is 475 g/mol. The zero-order valence-electron chi connectivity index (χ0n) is 19.4. The maximum absolute atomic E-state index is 13.3. The molecule has 7 nitrogen and oxygen atoms in total. The number of halogens is 1. The van der Waals surface area contributed by atoms with Gasteiger partial charge in [0, 0.05) is 42.9 Å². The van der Waals surface area contributed by atoms with E-state index in [-0.39, 0.29) is 41.4 Å². The quantitative estimate of drug-likeness (QED) is 0.613. The summed E-state index contributed by atoms with van der Waals surface area (Å²) in [5, 5.41) is 2.98. The largest absolute Gasteiger partial charge is 0.497 e. The third kappa shape index (κ3) is 4.69. The van der Waals surface area contributed by atoms with Crippen LogP contribution in [0.3, 0.4) is 0 Å². The molecule has 1 aromatic heterocycles. The van der Waals surface area contributed by atoms with Crippen molar-refractivity contribution in [3.8, 4) is 5.75 Å². The molecule has 0 radical (unpaired) electrons. The maximum Gasteiger partial charge on any atom is 0.253 e. The fraction of sp³-hybridized carbons (Fsp3) is 0.296. The van der Waals surface area contributed by atoms with Gasteiger partial charge in [0.25, 0.3) is 11.5 Å². The number of hydrogen-bond acceptors (Lipinski definition) is 4. The van der Waals surface area contributed by atoms with Crippen LogP contribution in [0.1, 0.15) is 34.0 Å². The van der Waals surface area contributed by atoms with Gasteiger partial charge in [-0.3, -0.25) is 14.4 Å². The predicted molar refractivity (Wildman–Crippen MR) is 129 cm³/mol. The number of hydrogen-bond donors (Lipinski definition) is 1. The third-order valence-corrected chi connectivity index (χ3v) is 6.77. The van der Waals surface area contributed by atoms with Gasteiger partial charge in [0.05, 0.1) is 19.2 Å². The topological polar surface area (TPSA) is 80.6 Å². The molecule has 2 aliphatic heterocycles. The lowest BCUT2D eigenvalue weighted by atomic mass is 9.82. The van der Waals surface area contributed by atoms with Gasteiger partial charge in [0.2, 0.25) is 5.91 Å². The molecule has 1 N–H and O–H groups in total. The summed E-state index contributed by atoms with van der Waals surface area (Å²) in [4.78, 5) is 40.4. The summed E-state index contributed by atoms with van der Waals surface area (Å²) in [6, 6.07) is 16.0. The van der Waals surface area contributed by atoms with E-state index in [9.17, 15) is 18.8 Å². The van der Waals surface area contributed by atoms with E-state index >= 15 is 0 Å². The van der Waals surface area contributed by atoms with Crippen LogP contribution in [0.25, 0.3) is 0 Å². The normalized spacial score (nSPS) is 18.5. The molecule has 0 aliphatic carbocycles. The Morgan fingerprint density at radius 3 is 2.46 bits per heavy atom. The number of anilines is 1. The third-order valence-electron chi connectivity index (χ3n) is 6.77. The SMILES string of the molecule is COc1ccc(CC(=O)Nc2ccc(=O)n3c2[C@@H]2C[C@@H](CN(C(=O)c4ccc(F)cc4)C2)C3)cc1. The van der Waals surface area contributed by atoms with E-state index in [1.165, 1.54) is 30.3 Å². The maximum atomic E-state index is 13.3. The number of ether oxygens (including phenoxy) is 1. The molecule has 1 saturated heterocycles. The van der Waals surface area contributed by atoms with Crippen LogP contribution in [0.15, 0.2) is 65.5 Å². The van der Waals surface area contributed by atoms with Crippen LogP contribution >= 0.6 is 0 Å². The van der Waals surface area contributed by atoms with Crippen molar-refractivity contribution in [2.45, 2.75) is 25.3 Å². The van der Waals surface area contributed by atoms with Gasteiger partial charge in [-0.15, -0.1) is 0 Å². The van der Waals surface area contributed by atoms with Crippen molar-refractivity contribution in [1.29, 1.82) is 0 Å². The molecule has 5 rings (SSSR count). The summed E-state index contributed by atoms with van der Waals surface area (Å²) >= 11 is 0. The molecule has 0 unspecified atom stereocenters. The number of rotatable bonds is 5. The van der Waals surface area contributed by atoms with Gasteiger partial charge in [-0.2, -0.15) is 0 Å². The van der Waals surface area contributed by atoms with Crippen molar-refractivity contribution in [3.05, 3.63) is 93.7 Å². The number of piperidine rings is 1. The number of amides is 2. The van der Waals surface area contributed by atoms with Crippen molar-refractivity contribution in [3.63, 3.8) is 0 Å². The van der Waals surface area contributed by atoms with E-state index in [2.05, 4.69) is 5.32 Å². The number of pyridine rings is 1. The van der Waals surface area contributed by atoms with E-state index in [1.807, 2.05) is 12.1 Å². The molecular weight excluding hydrogens is 449 g/mol. The number of carbonyl (C=O) groups excluding carboxylic acids is 2. The minimum Gasteiger partial charge on any atom is -0.497 e. The number of carbonyl (C=O) groups is 2. The molecule has 2 aliphatic rings. The van der Waals surface area contributed by atoms with Gasteiger partial charge in [-0.1, -0.05) is 12.1 Å². The summed E-state index contributed by atoms with van der Waals surface area (Å²) < 4.78 is 20.2. The van der Waals surface area contributed by atoms with Crippen LogP contribution in [0.4, 0.5) is 10.1 Å². The molecule has 1 fully saturated rings. The lowest BCUT2D eigenvalue weighted by Gasteiger charge is -2.43. The van der Waals surface area contributed by atoms with Gasteiger partial charge in [0.1, 0.15) is 11.6 Å². The van der Waals surface area contributed by atoms with Gasteiger partial charge in [0.15, 0.2) is 0 Å². The Kier molecular flexibility index (Phi) is 6.11. The minimum atomic E-state index is -0.389. The van der Waals surface area contributed by atoms with Crippen molar-refractivity contribution >= 4 is 17.5 Å². The van der Waals surface area contributed by atoms with E-state index < -0.39 is 0 Å². The van der Waals surface area contributed by atoms with Gasteiger partial charge < -0.3 is 19.5 Å². The number of likely N-dealkylation sites (tertiary alicyclic amines) is 1. The van der Waals surface area contributed by atoms with Gasteiger partial charge in [-0.05, 0) is 60.4 Å². The molecule has 3 aromatic rings. The molecule has 2 atom stereocenters. The van der Waals surface area contributed by atoms with E-state index in [1.54, 1.807) is 34.8 Å². The lowest BCUT2D eigenvalue weighted by Crippen LogP contribution is -2.49. The zero-order valence-corrected chi connectivity index (χ0v) is 19.4. The summed E-state index contributed by atoms with van der Waals surface area (Å²) in [6.45, 7) is 1.45. The van der Waals surface area contributed by atoms with Crippen LogP contribution in [-0.2, 0) is 17.8 Å². The first-order valence-electron chi connectivity index (χ1n) is 11.6. The number of fused-ring (bicyclic) bond motifs is 4. The van der Waals surface area contributed by atoms with E-state index in [0.717, 1.165) is 23.4 Å². The smallest absolute Gasteiger partial charge is 0.253 e. The van der Waals surface area contributed by atoms with E-state index in [4.69, 9.17) is 4.74 Å². The Bertz CT molecular complexity index is 1320. The number of methoxy groups -OCH3 is 1. The highest BCUT2D eigenvalue weighted by atomic mass is 19.1. The Hall–Kier alpha value is -3.94. The molecule has 2 aromatic carbocycles. The van der Waals surface area contributed by atoms with Crippen molar-refractivity contribution in [2.75, 3.05) is 25.5 Å². The van der Waals surface area contributed by atoms with Gasteiger partial charge in [-0.25, -0.2) is 4.39 Å². The number of nitrogens with zero attached hydrogens (tertiary/aromatic N) is 2. The van der Waals surface area contributed by atoms with Crippen molar-refractivity contribution in [1.82, 2.24) is 9.47 Å². The Morgan fingerprint density at radius 1 is 1.00 bits per heavy atom. The zero-order chi connectivity index (χ0) is 24.5. The van der Waals surface area contributed by atoms with Crippen LogP contribution in [0.5, 0.6) is 5.75 Å². The molecule has 35 heavy (non-hydrogen) atoms. The summed E-state index contributed by atoms with van der Waals surface area (Å²) in [7, 11) is 1.59. The van der Waals surface area contributed by atoms with Crippen molar-refractivity contribution in [2.24, 2.45) is 5.92 Å². The van der Waals surface area contributed by atoms with Gasteiger partial charge >= 0.3 is 0 Å². The first-order valence-corrected chi connectivity index (χ1v) is 11.6. The minimum absolute atomic E-state index is 0.0860. The molecule has 0 spiro atoms. The van der Waals surface area contributed by atoms with Crippen LogP contribution < -0.4 is 15.6 Å².